The van der Waals surface area contributed by atoms with Crippen LogP contribution in [0.25, 0.3) is 0 Å². The molecule has 4 nitrogen and oxygen atoms in total. The van der Waals surface area contributed by atoms with Crippen molar-refractivity contribution < 1.29 is 8.42 Å². The van der Waals surface area contributed by atoms with Crippen molar-refractivity contribution in [2.45, 2.75) is 9.79 Å². The Hall–Kier alpha value is -1.24. The van der Waals surface area contributed by atoms with Crippen LogP contribution in [0.4, 0.5) is 5.69 Å². The van der Waals surface area contributed by atoms with E-state index < -0.39 is 9.84 Å². The van der Waals surface area contributed by atoms with Gasteiger partial charge in [0.2, 0.25) is 0 Å². The molecule has 106 valence electrons. The Kier molecular flexibility index (Phi) is 4.91. The lowest BCUT2D eigenvalue weighted by molar-refractivity contribution is 0.597. The molecule has 0 aliphatic carbocycles. The third-order valence-corrected chi connectivity index (χ3v) is 5.93. The highest BCUT2D eigenvalue weighted by Gasteiger charge is 2.14. The fourth-order valence-corrected chi connectivity index (χ4v) is 4.27. The summed E-state index contributed by atoms with van der Waals surface area (Å²) in [5.41, 5.74) is 6.31. The fraction of sp³-hybridized carbons (Fsp3) is 0.154. The van der Waals surface area contributed by atoms with E-state index in [4.69, 9.17) is 17.3 Å². The van der Waals surface area contributed by atoms with E-state index in [1.807, 2.05) is 0 Å². The first kappa shape index (κ1) is 15.2. The Morgan fingerprint density at radius 1 is 1.20 bits per heavy atom. The molecule has 0 bridgehead atoms. The average molecular weight is 329 g/mol. The van der Waals surface area contributed by atoms with Gasteiger partial charge in [-0.25, -0.2) is 8.42 Å². The molecule has 0 saturated carbocycles. The molecule has 0 saturated heterocycles. The summed E-state index contributed by atoms with van der Waals surface area (Å²) in [7, 11) is -3.30. The number of anilines is 1. The number of hydrogen-bond acceptors (Lipinski definition) is 5. The van der Waals surface area contributed by atoms with Crippen molar-refractivity contribution in [1.82, 2.24) is 4.98 Å². The second kappa shape index (κ2) is 6.47. The molecule has 2 rings (SSSR count). The minimum absolute atomic E-state index is 0.0427. The molecular formula is C13H13ClN2O2S2. The Morgan fingerprint density at radius 3 is 2.55 bits per heavy atom. The van der Waals surface area contributed by atoms with E-state index in [0.717, 1.165) is 4.90 Å². The minimum atomic E-state index is -3.30. The summed E-state index contributed by atoms with van der Waals surface area (Å²) < 4.78 is 24.2. The molecule has 1 aromatic carbocycles. The third-order valence-electron chi connectivity index (χ3n) is 2.59. The maximum absolute atomic E-state index is 12.1. The van der Waals surface area contributed by atoms with Gasteiger partial charge in [0.1, 0.15) is 0 Å². The van der Waals surface area contributed by atoms with Crippen LogP contribution < -0.4 is 5.73 Å². The first-order valence-corrected chi connectivity index (χ1v) is 8.81. The summed E-state index contributed by atoms with van der Waals surface area (Å²) in [5, 5.41) is 0.517. The predicted octanol–water partition coefficient (Wildman–Crippen LogP) is 2.88. The number of pyridine rings is 1. The Bertz CT molecular complexity index is 688. The monoisotopic (exact) mass is 328 g/mol. The van der Waals surface area contributed by atoms with Crippen LogP contribution in [0.15, 0.2) is 52.5 Å². The third kappa shape index (κ3) is 3.88. The van der Waals surface area contributed by atoms with E-state index in [1.165, 1.54) is 23.9 Å². The molecule has 0 radical (unpaired) electrons. The smallest absolute Gasteiger partial charge is 0.179 e. The van der Waals surface area contributed by atoms with Crippen LogP contribution in [0.2, 0.25) is 5.02 Å². The van der Waals surface area contributed by atoms with Gasteiger partial charge in [0.05, 0.1) is 22.5 Å². The normalized spacial score (nSPS) is 11.4. The number of thioether (sulfide) groups is 1. The van der Waals surface area contributed by atoms with E-state index in [0.29, 0.717) is 16.5 Å². The van der Waals surface area contributed by atoms with Crippen molar-refractivity contribution >= 4 is 38.9 Å². The number of nitrogens with zero attached hydrogens (tertiary/aromatic N) is 1. The molecule has 0 amide bonds. The van der Waals surface area contributed by atoms with Gasteiger partial charge < -0.3 is 5.73 Å². The maximum Gasteiger partial charge on any atom is 0.179 e. The van der Waals surface area contributed by atoms with Gasteiger partial charge in [0.15, 0.2) is 9.84 Å². The van der Waals surface area contributed by atoms with Gasteiger partial charge in [0.25, 0.3) is 0 Å². The number of benzene rings is 1. The van der Waals surface area contributed by atoms with Crippen LogP contribution in [0.3, 0.4) is 0 Å². The molecule has 20 heavy (non-hydrogen) atoms. The SMILES string of the molecule is Nc1cnccc1SCCS(=O)(=O)c1ccc(Cl)cc1. The number of nitrogens with two attached hydrogens (primary N) is 1. The highest BCUT2D eigenvalue weighted by Crippen LogP contribution is 2.24. The zero-order valence-electron chi connectivity index (χ0n) is 10.5. The number of nitrogen functional groups attached to an aromatic ring is 1. The van der Waals surface area contributed by atoms with Gasteiger partial charge in [-0.15, -0.1) is 11.8 Å². The number of halogens is 1. The lowest BCUT2D eigenvalue weighted by Gasteiger charge is -2.06. The van der Waals surface area contributed by atoms with Gasteiger partial charge >= 0.3 is 0 Å². The fourth-order valence-electron chi connectivity index (χ4n) is 1.55. The summed E-state index contributed by atoms with van der Waals surface area (Å²) in [6.45, 7) is 0. The molecule has 0 unspecified atom stereocenters. The van der Waals surface area contributed by atoms with Crippen molar-refractivity contribution in [3.63, 3.8) is 0 Å². The molecule has 0 atom stereocenters. The molecule has 0 aliphatic heterocycles. The lowest BCUT2D eigenvalue weighted by Crippen LogP contribution is -2.08. The van der Waals surface area contributed by atoms with E-state index >= 15 is 0 Å². The summed E-state index contributed by atoms with van der Waals surface area (Å²) in [6.07, 6.45) is 3.18. The summed E-state index contributed by atoms with van der Waals surface area (Å²) in [4.78, 5) is 5.01. The topological polar surface area (TPSA) is 73.0 Å². The van der Waals surface area contributed by atoms with Crippen molar-refractivity contribution in [3.05, 3.63) is 47.7 Å². The van der Waals surface area contributed by atoms with E-state index in [1.54, 1.807) is 30.6 Å². The van der Waals surface area contributed by atoms with Gasteiger partial charge in [-0.2, -0.15) is 0 Å². The number of rotatable bonds is 5. The van der Waals surface area contributed by atoms with Crippen LogP contribution in [0.1, 0.15) is 0 Å². The maximum atomic E-state index is 12.1. The number of aromatic nitrogens is 1. The van der Waals surface area contributed by atoms with Crippen molar-refractivity contribution in [3.8, 4) is 0 Å². The van der Waals surface area contributed by atoms with Crippen molar-refractivity contribution in [2.24, 2.45) is 0 Å². The largest absolute Gasteiger partial charge is 0.397 e. The van der Waals surface area contributed by atoms with Gasteiger partial charge in [-0.1, -0.05) is 11.6 Å². The van der Waals surface area contributed by atoms with E-state index in [9.17, 15) is 8.42 Å². The second-order valence-electron chi connectivity index (χ2n) is 4.03. The van der Waals surface area contributed by atoms with Crippen molar-refractivity contribution in [1.29, 1.82) is 0 Å². The zero-order valence-corrected chi connectivity index (χ0v) is 12.9. The summed E-state index contributed by atoms with van der Waals surface area (Å²) in [6, 6.07) is 7.95. The molecule has 0 aliphatic rings. The summed E-state index contributed by atoms with van der Waals surface area (Å²) in [5.74, 6) is 0.472. The Morgan fingerprint density at radius 2 is 1.90 bits per heavy atom. The highest BCUT2D eigenvalue weighted by atomic mass is 35.5. The second-order valence-corrected chi connectivity index (χ2v) is 7.72. The van der Waals surface area contributed by atoms with Crippen LogP contribution >= 0.6 is 23.4 Å². The summed E-state index contributed by atoms with van der Waals surface area (Å²) >= 11 is 7.15. The van der Waals surface area contributed by atoms with Crippen LogP contribution in [-0.2, 0) is 9.84 Å². The van der Waals surface area contributed by atoms with Gasteiger partial charge in [0, 0.05) is 21.9 Å². The highest BCUT2D eigenvalue weighted by molar-refractivity contribution is 8.00. The van der Waals surface area contributed by atoms with E-state index in [-0.39, 0.29) is 10.6 Å². The van der Waals surface area contributed by atoms with Crippen molar-refractivity contribution in [2.75, 3.05) is 17.2 Å². The first-order valence-electron chi connectivity index (χ1n) is 5.80. The molecule has 1 aromatic heterocycles. The Labute approximate surface area is 127 Å². The lowest BCUT2D eigenvalue weighted by atomic mass is 10.4. The standard InChI is InChI=1S/C13H13ClN2O2S2/c14-10-1-3-11(4-2-10)20(17,18)8-7-19-13-5-6-16-9-12(13)15/h1-6,9H,7-8,15H2. The first-order chi connectivity index (χ1) is 9.49. The van der Waals surface area contributed by atoms with Crippen LogP contribution in [0.5, 0.6) is 0 Å². The number of hydrogen-bond donors (Lipinski definition) is 1. The Balaban J connectivity index is 2.00. The van der Waals surface area contributed by atoms with Crippen LogP contribution in [0, 0.1) is 0 Å². The predicted molar refractivity (Wildman–Crippen MR) is 82.9 cm³/mol. The van der Waals surface area contributed by atoms with E-state index in [2.05, 4.69) is 4.98 Å². The molecule has 2 N–H and O–H groups in total. The average Bonchev–Trinajstić information content (AvgIpc) is 2.41. The quantitative estimate of drug-likeness (QED) is 0.854. The zero-order chi connectivity index (χ0) is 14.6. The molecule has 1 heterocycles. The van der Waals surface area contributed by atoms with Crippen LogP contribution in [-0.4, -0.2) is 24.9 Å². The van der Waals surface area contributed by atoms with Gasteiger partial charge in [-0.3, -0.25) is 4.98 Å². The molecule has 7 heteroatoms. The molecule has 2 aromatic rings. The number of sulfone groups is 1. The van der Waals surface area contributed by atoms with Gasteiger partial charge in [-0.05, 0) is 30.3 Å². The molecule has 0 spiro atoms. The molecule has 0 fully saturated rings. The minimum Gasteiger partial charge on any atom is -0.397 e. The molecular weight excluding hydrogens is 316 g/mol.